The molecule has 6 nitrogen and oxygen atoms in total. The first-order valence-electron chi connectivity index (χ1n) is 5.59. The van der Waals surface area contributed by atoms with Crippen LogP contribution in [0.2, 0.25) is 5.02 Å². The Morgan fingerprint density at radius 3 is 3.00 bits per heavy atom. The summed E-state index contributed by atoms with van der Waals surface area (Å²) in [5.74, 6) is 5.21. The second-order valence-corrected chi connectivity index (χ2v) is 5.34. The Bertz CT molecular complexity index is 769. The van der Waals surface area contributed by atoms with Gasteiger partial charge in [0, 0.05) is 5.69 Å². The van der Waals surface area contributed by atoms with E-state index in [1.807, 2.05) is 0 Å². The van der Waals surface area contributed by atoms with Crippen molar-refractivity contribution in [2.24, 2.45) is 5.84 Å². The maximum Gasteiger partial charge on any atom is 0.291 e. The van der Waals surface area contributed by atoms with E-state index in [4.69, 9.17) is 21.9 Å². The number of carbonyl (C=O) groups is 1. The molecule has 0 aliphatic carbocycles. The van der Waals surface area contributed by atoms with Gasteiger partial charge in [-0.3, -0.25) is 10.2 Å². The number of nitrogens with two attached hydrogens (primary N) is 1. The monoisotopic (exact) mass is 308 g/mol. The number of thiazole rings is 1. The number of nitrogens with one attached hydrogen (secondary N) is 2. The number of nitrogens with zero attached hydrogens (tertiary/aromatic N) is 1. The molecular weight excluding hydrogens is 300 g/mol. The topological polar surface area (TPSA) is 93.2 Å². The average Bonchev–Trinajstić information content (AvgIpc) is 3.07. The largest absolute Gasteiger partial charge is 0.459 e. The van der Waals surface area contributed by atoms with Crippen LogP contribution in [0.25, 0.3) is 10.2 Å². The number of nitrogen functional groups attached to an aromatic ring is 1. The van der Waals surface area contributed by atoms with Gasteiger partial charge in [-0.1, -0.05) is 22.9 Å². The Labute approximate surface area is 122 Å². The molecule has 20 heavy (non-hydrogen) atoms. The van der Waals surface area contributed by atoms with Crippen molar-refractivity contribution in [3.63, 3.8) is 0 Å². The highest BCUT2D eigenvalue weighted by atomic mass is 35.5. The van der Waals surface area contributed by atoms with Crippen LogP contribution in [-0.4, -0.2) is 10.9 Å². The third kappa shape index (κ3) is 2.34. The zero-order valence-electron chi connectivity index (χ0n) is 10.0. The number of aromatic nitrogens is 1. The minimum absolute atomic E-state index is 0.231. The number of carbonyl (C=O) groups excluding carboxylic acids is 1. The number of hydrazine groups is 1. The molecule has 0 aliphatic heterocycles. The first-order valence-corrected chi connectivity index (χ1v) is 6.78. The van der Waals surface area contributed by atoms with Crippen molar-refractivity contribution in [2.75, 3.05) is 10.7 Å². The number of hydrogen-bond acceptors (Lipinski definition) is 6. The standard InChI is InChI=1S/C12H9ClN4O2S/c13-7-4-6(15-11(18)8-2-1-3-19-8)5-9-10(7)16-12(17-14)20-9/h1-5H,14H2,(H,15,18)(H,16,17). The van der Waals surface area contributed by atoms with Gasteiger partial charge >= 0.3 is 0 Å². The number of hydrogen-bond donors (Lipinski definition) is 3. The van der Waals surface area contributed by atoms with E-state index in [-0.39, 0.29) is 11.7 Å². The molecule has 8 heteroatoms. The second-order valence-electron chi connectivity index (χ2n) is 3.90. The molecule has 0 saturated heterocycles. The number of fused-ring (bicyclic) bond motifs is 1. The van der Waals surface area contributed by atoms with Crippen LogP contribution < -0.4 is 16.6 Å². The van der Waals surface area contributed by atoms with Gasteiger partial charge in [-0.05, 0) is 24.3 Å². The van der Waals surface area contributed by atoms with Gasteiger partial charge in [0.1, 0.15) is 5.52 Å². The summed E-state index contributed by atoms with van der Waals surface area (Å²) in [5, 5.41) is 3.71. The highest BCUT2D eigenvalue weighted by Crippen LogP contribution is 2.33. The zero-order chi connectivity index (χ0) is 14.1. The summed E-state index contributed by atoms with van der Waals surface area (Å²) in [7, 11) is 0. The van der Waals surface area contributed by atoms with Gasteiger partial charge in [0.25, 0.3) is 5.91 Å². The third-order valence-electron chi connectivity index (χ3n) is 2.57. The van der Waals surface area contributed by atoms with E-state index in [0.717, 1.165) is 4.70 Å². The molecule has 0 fully saturated rings. The first-order chi connectivity index (χ1) is 9.67. The molecule has 2 heterocycles. The van der Waals surface area contributed by atoms with Crippen LogP contribution in [0.5, 0.6) is 0 Å². The molecule has 3 rings (SSSR count). The molecule has 1 amide bonds. The Morgan fingerprint density at radius 2 is 2.30 bits per heavy atom. The van der Waals surface area contributed by atoms with Crippen LogP contribution in [0, 0.1) is 0 Å². The van der Waals surface area contributed by atoms with Crippen molar-refractivity contribution < 1.29 is 9.21 Å². The Hall–Kier alpha value is -2.09. The minimum Gasteiger partial charge on any atom is -0.459 e. The Balaban J connectivity index is 1.94. The third-order valence-corrected chi connectivity index (χ3v) is 3.80. The highest BCUT2D eigenvalue weighted by Gasteiger charge is 2.12. The molecule has 0 aliphatic rings. The Morgan fingerprint density at radius 1 is 1.45 bits per heavy atom. The van der Waals surface area contributed by atoms with Crippen molar-refractivity contribution in [1.29, 1.82) is 0 Å². The van der Waals surface area contributed by atoms with Gasteiger partial charge in [-0.15, -0.1) is 0 Å². The van der Waals surface area contributed by atoms with E-state index >= 15 is 0 Å². The normalized spacial score (nSPS) is 10.7. The quantitative estimate of drug-likeness (QED) is 0.510. The van der Waals surface area contributed by atoms with Gasteiger partial charge in [0.05, 0.1) is 16.0 Å². The van der Waals surface area contributed by atoms with E-state index in [1.54, 1.807) is 24.3 Å². The molecule has 0 spiro atoms. The molecule has 0 radical (unpaired) electrons. The predicted molar refractivity (Wildman–Crippen MR) is 79.1 cm³/mol. The van der Waals surface area contributed by atoms with E-state index in [9.17, 15) is 4.79 Å². The van der Waals surface area contributed by atoms with Crippen LogP contribution in [-0.2, 0) is 0 Å². The lowest BCUT2D eigenvalue weighted by molar-refractivity contribution is 0.0996. The van der Waals surface area contributed by atoms with E-state index in [0.29, 0.717) is 21.4 Å². The van der Waals surface area contributed by atoms with Gasteiger partial charge in [0.15, 0.2) is 10.9 Å². The fourth-order valence-corrected chi connectivity index (χ4v) is 2.88. The molecule has 0 unspecified atom stereocenters. The van der Waals surface area contributed by atoms with E-state index in [2.05, 4.69) is 15.7 Å². The minimum atomic E-state index is -0.341. The number of anilines is 2. The molecule has 1 aromatic carbocycles. The predicted octanol–water partition coefficient (Wildman–Crippen LogP) is 3.08. The lowest BCUT2D eigenvalue weighted by atomic mass is 10.3. The summed E-state index contributed by atoms with van der Waals surface area (Å²) in [4.78, 5) is 16.1. The molecular formula is C12H9ClN4O2S. The fourth-order valence-electron chi connectivity index (χ4n) is 1.72. The molecule has 102 valence electrons. The summed E-state index contributed by atoms with van der Waals surface area (Å²) < 4.78 is 5.85. The number of benzene rings is 1. The number of halogens is 1. The maximum atomic E-state index is 11.9. The van der Waals surface area contributed by atoms with E-state index < -0.39 is 0 Å². The van der Waals surface area contributed by atoms with Gasteiger partial charge in [-0.25, -0.2) is 10.8 Å². The molecule has 2 aromatic heterocycles. The van der Waals surface area contributed by atoms with Crippen molar-refractivity contribution in [3.05, 3.63) is 41.3 Å². The molecule has 0 saturated carbocycles. The second kappa shape index (κ2) is 5.12. The van der Waals surface area contributed by atoms with Crippen LogP contribution in [0.3, 0.4) is 0 Å². The number of rotatable bonds is 3. The lowest BCUT2D eigenvalue weighted by Crippen LogP contribution is -2.10. The average molecular weight is 309 g/mol. The molecule has 3 aromatic rings. The summed E-state index contributed by atoms with van der Waals surface area (Å²) in [6, 6.07) is 6.64. The first kappa shape index (κ1) is 12.9. The van der Waals surface area contributed by atoms with Gasteiger partial charge in [0.2, 0.25) is 0 Å². The van der Waals surface area contributed by atoms with Gasteiger partial charge < -0.3 is 9.73 Å². The Kier molecular flexibility index (Phi) is 3.31. The molecule has 0 atom stereocenters. The maximum absolute atomic E-state index is 11.9. The lowest BCUT2D eigenvalue weighted by Gasteiger charge is -2.04. The van der Waals surface area contributed by atoms with Crippen molar-refractivity contribution in [3.8, 4) is 0 Å². The molecule has 4 N–H and O–H groups in total. The number of furan rings is 1. The van der Waals surface area contributed by atoms with Crippen molar-refractivity contribution in [2.45, 2.75) is 0 Å². The summed E-state index contributed by atoms with van der Waals surface area (Å²) in [6.45, 7) is 0. The summed E-state index contributed by atoms with van der Waals surface area (Å²) in [5.41, 5.74) is 3.68. The highest BCUT2D eigenvalue weighted by molar-refractivity contribution is 7.22. The smallest absolute Gasteiger partial charge is 0.291 e. The van der Waals surface area contributed by atoms with Crippen LogP contribution in [0.15, 0.2) is 34.9 Å². The SMILES string of the molecule is NNc1nc2c(Cl)cc(NC(=O)c3ccco3)cc2s1. The van der Waals surface area contributed by atoms with Gasteiger partial charge in [-0.2, -0.15) is 0 Å². The zero-order valence-corrected chi connectivity index (χ0v) is 11.6. The van der Waals surface area contributed by atoms with Crippen LogP contribution in [0.1, 0.15) is 10.6 Å². The molecule has 0 bridgehead atoms. The van der Waals surface area contributed by atoms with Crippen LogP contribution >= 0.6 is 22.9 Å². The summed E-state index contributed by atoms with van der Waals surface area (Å²) >= 11 is 7.49. The fraction of sp³-hybridized carbons (Fsp3) is 0. The van der Waals surface area contributed by atoms with Crippen molar-refractivity contribution >= 4 is 49.9 Å². The van der Waals surface area contributed by atoms with Crippen LogP contribution in [0.4, 0.5) is 10.8 Å². The van der Waals surface area contributed by atoms with Crippen molar-refractivity contribution in [1.82, 2.24) is 4.98 Å². The number of amides is 1. The van der Waals surface area contributed by atoms with E-state index in [1.165, 1.54) is 17.6 Å². The summed E-state index contributed by atoms with van der Waals surface area (Å²) in [6.07, 6.45) is 1.44.